The summed E-state index contributed by atoms with van der Waals surface area (Å²) in [6.07, 6.45) is 1.02. The van der Waals surface area contributed by atoms with E-state index in [4.69, 9.17) is 4.74 Å². The second kappa shape index (κ2) is 4.93. The highest BCUT2D eigenvalue weighted by atomic mass is 32.1. The van der Waals surface area contributed by atoms with E-state index in [9.17, 15) is 4.79 Å². The van der Waals surface area contributed by atoms with Crippen LogP contribution in [0.25, 0.3) is 0 Å². The van der Waals surface area contributed by atoms with Gasteiger partial charge in [0, 0.05) is 5.56 Å². The summed E-state index contributed by atoms with van der Waals surface area (Å²) in [7, 11) is 0. The number of carbonyl (C=O) groups excluding carboxylic acids is 1. The zero-order valence-corrected chi connectivity index (χ0v) is 9.80. The van der Waals surface area contributed by atoms with Gasteiger partial charge in [0.2, 0.25) is 0 Å². The van der Waals surface area contributed by atoms with Crippen LogP contribution in [0.4, 0.5) is 4.79 Å². The quantitative estimate of drug-likeness (QED) is 0.622. The number of hydrogen-bond donors (Lipinski definition) is 1. The monoisotopic (exact) mass is 226 g/mol. The Balaban J connectivity index is 2.35. The number of thiophene rings is 1. The van der Waals surface area contributed by atoms with Crippen molar-refractivity contribution in [2.24, 2.45) is 5.10 Å². The summed E-state index contributed by atoms with van der Waals surface area (Å²) in [6, 6.07) is 1.91. The number of amides is 1. The molecule has 0 unspecified atom stereocenters. The van der Waals surface area contributed by atoms with Gasteiger partial charge in [-0.15, -0.1) is 0 Å². The van der Waals surface area contributed by atoms with Crippen LogP contribution in [-0.2, 0) is 4.74 Å². The van der Waals surface area contributed by atoms with Crippen molar-refractivity contribution >= 4 is 23.6 Å². The van der Waals surface area contributed by atoms with Crippen molar-refractivity contribution in [1.82, 2.24) is 5.43 Å². The molecule has 0 aliphatic carbocycles. The lowest BCUT2D eigenvalue weighted by molar-refractivity contribution is 0.0529. The number of carbonyl (C=O) groups is 1. The van der Waals surface area contributed by atoms with Crippen molar-refractivity contribution in [2.75, 3.05) is 0 Å². The molecular formula is C10H14N2O2S. The van der Waals surface area contributed by atoms with E-state index >= 15 is 0 Å². The molecule has 0 aromatic carbocycles. The number of rotatable bonds is 2. The Kier molecular flexibility index (Phi) is 3.85. The highest BCUT2D eigenvalue weighted by Crippen LogP contribution is 2.06. The van der Waals surface area contributed by atoms with Crippen LogP contribution < -0.4 is 5.43 Å². The summed E-state index contributed by atoms with van der Waals surface area (Å²) in [6.45, 7) is 5.40. The number of nitrogens with zero attached hydrogens (tertiary/aromatic N) is 1. The molecule has 0 saturated heterocycles. The van der Waals surface area contributed by atoms with Crippen LogP contribution in [0.15, 0.2) is 21.9 Å². The first-order valence-electron chi connectivity index (χ1n) is 4.51. The molecule has 0 saturated carbocycles. The van der Waals surface area contributed by atoms with Gasteiger partial charge >= 0.3 is 6.09 Å². The molecule has 0 aliphatic rings. The Morgan fingerprint density at radius 1 is 1.60 bits per heavy atom. The summed E-state index contributed by atoms with van der Waals surface area (Å²) in [5, 5.41) is 7.63. The number of ether oxygens (including phenoxy) is 1. The maximum atomic E-state index is 11.1. The molecule has 0 atom stereocenters. The summed E-state index contributed by atoms with van der Waals surface area (Å²) in [5.41, 5.74) is 2.75. The Hall–Kier alpha value is -1.36. The third-order valence-corrected chi connectivity index (χ3v) is 2.01. The molecule has 0 spiro atoms. The van der Waals surface area contributed by atoms with Gasteiger partial charge in [0.25, 0.3) is 0 Å². The fourth-order valence-electron chi connectivity index (χ4n) is 0.809. The molecule has 82 valence electrons. The summed E-state index contributed by atoms with van der Waals surface area (Å²) < 4.78 is 5.00. The van der Waals surface area contributed by atoms with E-state index in [0.29, 0.717) is 0 Å². The molecule has 4 nitrogen and oxygen atoms in total. The molecule has 0 aliphatic heterocycles. The first kappa shape index (κ1) is 11.7. The van der Waals surface area contributed by atoms with Crippen LogP contribution in [0.3, 0.4) is 0 Å². The molecule has 1 rings (SSSR count). The SMILES string of the molecule is CC(C)(C)OC(=O)N/N=C\c1ccsc1. The second-order valence-electron chi connectivity index (χ2n) is 3.93. The van der Waals surface area contributed by atoms with E-state index in [2.05, 4.69) is 10.5 Å². The minimum atomic E-state index is -0.547. The van der Waals surface area contributed by atoms with Gasteiger partial charge in [0.15, 0.2) is 0 Å². The lowest BCUT2D eigenvalue weighted by atomic mass is 10.2. The van der Waals surface area contributed by atoms with E-state index in [1.165, 1.54) is 0 Å². The molecular weight excluding hydrogens is 212 g/mol. The van der Waals surface area contributed by atoms with Crippen molar-refractivity contribution in [2.45, 2.75) is 26.4 Å². The first-order valence-corrected chi connectivity index (χ1v) is 5.46. The van der Waals surface area contributed by atoms with Gasteiger partial charge in [-0.2, -0.15) is 16.4 Å². The van der Waals surface area contributed by atoms with Gasteiger partial charge in [-0.05, 0) is 37.6 Å². The van der Waals surface area contributed by atoms with Crippen molar-refractivity contribution < 1.29 is 9.53 Å². The number of hydrazone groups is 1. The molecule has 15 heavy (non-hydrogen) atoms. The minimum absolute atomic E-state index is 0.498. The van der Waals surface area contributed by atoms with Gasteiger partial charge in [0.05, 0.1) is 6.21 Å². The Morgan fingerprint density at radius 3 is 2.87 bits per heavy atom. The first-order chi connectivity index (χ1) is 6.97. The predicted octanol–water partition coefficient (Wildman–Crippen LogP) is 2.61. The van der Waals surface area contributed by atoms with Crippen LogP contribution in [0, 0.1) is 0 Å². The van der Waals surface area contributed by atoms with E-state index in [1.54, 1.807) is 38.3 Å². The van der Waals surface area contributed by atoms with Crippen LogP contribution in [0.5, 0.6) is 0 Å². The number of hydrogen-bond acceptors (Lipinski definition) is 4. The standard InChI is InChI=1S/C10H14N2O2S/c1-10(2,3)14-9(13)12-11-6-8-4-5-15-7-8/h4-7H,1-3H3,(H,12,13)/b11-6-. The van der Waals surface area contributed by atoms with Gasteiger partial charge in [-0.3, -0.25) is 0 Å². The molecule has 1 aromatic heterocycles. The largest absolute Gasteiger partial charge is 0.443 e. The maximum Gasteiger partial charge on any atom is 0.428 e. The zero-order chi connectivity index (χ0) is 11.3. The predicted molar refractivity (Wildman–Crippen MR) is 61.3 cm³/mol. The van der Waals surface area contributed by atoms with E-state index in [-0.39, 0.29) is 0 Å². The Morgan fingerprint density at radius 2 is 2.33 bits per heavy atom. The maximum absolute atomic E-state index is 11.1. The molecule has 1 aromatic rings. The summed E-state index contributed by atoms with van der Waals surface area (Å²) in [4.78, 5) is 11.1. The summed E-state index contributed by atoms with van der Waals surface area (Å²) in [5.74, 6) is 0. The normalized spacial score (nSPS) is 11.7. The minimum Gasteiger partial charge on any atom is -0.443 e. The average Bonchev–Trinajstić information content (AvgIpc) is 2.53. The molecule has 1 amide bonds. The van der Waals surface area contributed by atoms with Gasteiger partial charge in [-0.25, -0.2) is 10.2 Å². The van der Waals surface area contributed by atoms with Crippen LogP contribution in [0.2, 0.25) is 0 Å². The zero-order valence-electron chi connectivity index (χ0n) is 8.98. The highest BCUT2D eigenvalue weighted by molar-refractivity contribution is 7.08. The van der Waals surface area contributed by atoms with Gasteiger partial charge in [-0.1, -0.05) is 0 Å². The fourth-order valence-corrected chi connectivity index (χ4v) is 1.42. The highest BCUT2D eigenvalue weighted by Gasteiger charge is 2.15. The van der Waals surface area contributed by atoms with Crippen molar-refractivity contribution in [3.8, 4) is 0 Å². The molecule has 0 radical (unpaired) electrons. The fraction of sp³-hybridized carbons (Fsp3) is 0.400. The topological polar surface area (TPSA) is 50.7 Å². The second-order valence-corrected chi connectivity index (χ2v) is 4.71. The number of nitrogens with one attached hydrogen (secondary N) is 1. The van der Waals surface area contributed by atoms with Crippen molar-refractivity contribution in [3.05, 3.63) is 22.4 Å². The van der Waals surface area contributed by atoms with Gasteiger partial charge in [0.1, 0.15) is 5.60 Å². The molecule has 1 N–H and O–H groups in total. The van der Waals surface area contributed by atoms with Gasteiger partial charge < -0.3 is 4.74 Å². The average molecular weight is 226 g/mol. The van der Waals surface area contributed by atoms with E-state index < -0.39 is 11.7 Å². The third-order valence-electron chi connectivity index (χ3n) is 1.31. The van der Waals surface area contributed by atoms with Crippen molar-refractivity contribution in [3.63, 3.8) is 0 Å². The Bertz CT molecular complexity index is 339. The molecule has 0 fully saturated rings. The third kappa shape index (κ3) is 5.17. The van der Waals surface area contributed by atoms with E-state index in [0.717, 1.165) is 5.56 Å². The summed E-state index contributed by atoms with van der Waals surface area (Å²) >= 11 is 1.57. The lowest BCUT2D eigenvalue weighted by Gasteiger charge is -2.18. The van der Waals surface area contributed by atoms with Crippen molar-refractivity contribution in [1.29, 1.82) is 0 Å². The lowest BCUT2D eigenvalue weighted by Crippen LogP contribution is -2.29. The van der Waals surface area contributed by atoms with Crippen LogP contribution in [0.1, 0.15) is 26.3 Å². The molecule has 0 bridgehead atoms. The van der Waals surface area contributed by atoms with Crippen LogP contribution in [-0.4, -0.2) is 17.9 Å². The molecule has 1 heterocycles. The Labute approximate surface area is 93.0 Å². The smallest absolute Gasteiger partial charge is 0.428 e. The molecule has 5 heteroatoms. The van der Waals surface area contributed by atoms with E-state index in [1.807, 2.05) is 16.8 Å². The van der Waals surface area contributed by atoms with Crippen LogP contribution >= 0.6 is 11.3 Å².